The molecule has 1 saturated carbocycles. The van der Waals surface area contributed by atoms with Gasteiger partial charge in [0.25, 0.3) is 0 Å². The van der Waals surface area contributed by atoms with E-state index in [0.717, 1.165) is 18.4 Å². The number of ether oxygens (including phenoxy) is 1. The first kappa shape index (κ1) is 15.6. The molecule has 0 radical (unpaired) electrons. The minimum absolute atomic E-state index is 0.0980. The summed E-state index contributed by atoms with van der Waals surface area (Å²) in [7, 11) is 0. The lowest BCUT2D eigenvalue weighted by Crippen LogP contribution is -2.27. The SMILES string of the molecule is CCOC(=O)C(=O)[C@@H]1CCC[C@@H]1c1ccnc2ccc(F)cc12. The first-order chi connectivity index (χ1) is 11.1. The van der Waals surface area contributed by atoms with Gasteiger partial charge in [0.2, 0.25) is 5.78 Å². The van der Waals surface area contributed by atoms with E-state index in [0.29, 0.717) is 17.3 Å². The normalized spacial score (nSPS) is 20.6. The summed E-state index contributed by atoms with van der Waals surface area (Å²) in [6.45, 7) is 1.86. The van der Waals surface area contributed by atoms with E-state index >= 15 is 0 Å². The predicted octanol–water partition coefficient (Wildman–Crippen LogP) is 3.39. The zero-order valence-corrected chi connectivity index (χ0v) is 12.9. The van der Waals surface area contributed by atoms with Crippen molar-refractivity contribution in [3.05, 3.63) is 41.8 Å². The molecule has 1 fully saturated rings. The summed E-state index contributed by atoms with van der Waals surface area (Å²) in [6, 6.07) is 6.27. The van der Waals surface area contributed by atoms with Gasteiger partial charge >= 0.3 is 5.97 Å². The number of ketones is 1. The average molecular weight is 315 g/mol. The Bertz CT molecular complexity index is 759. The number of Topliss-reactive ketones (excluding diaryl/α,β-unsaturated/α-hetero) is 1. The molecule has 120 valence electrons. The molecule has 0 amide bonds. The maximum atomic E-state index is 13.6. The molecule has 0 bridgehead atoms. The molecule has 0 unspecified atom stereocenters. The number of carbonyl (C=O) groups is 2. The van der Waals surface area contributed by atoms with Crippen molar-refractivity contribution in [1.29, 1.82) is 0 Å². The molecule has 23 heavy (non-hydrogen) atoms. The quantitative estimate of drug-likeness (QED) is 0.641. The molecule has 5 heteroatoms. The second-order valence-corrected chi connectivity index (χ2v) is 5.79. The van der Waals surface area contributed by atoms with E-state index in [1.807, 2.05) is 6.07 Å². The molecule has 1 heterocycles. The Morgan fingerprint density at radius 2 is 2.13 bits per heavy atom. The molecule has 2 atom stereocenters. The van der Waals surface area contributed by atoms with E-state index in [-0.39, 0.29) is 18.3 Å². The summed E-state index contributed by atoms with van der Waals surface area (Å²) < 4.78 is 18.5. The van der Waals surface area contributed by atoms with Crippen LogP contribution in [-0.2, 0) is 14.3 Å². The van der Waals surface area contributed by atoms with E-state index < -0.39 is 17.7 Å². The Hall–Kier alpha value is -2.30. The molecule has 3 rings (SSSR count). The van der Waals surface area contributed by atoms with Crippen LogP contribution < -0.4 is 0 Å². The number of hydrogen-bond acceptors (Lipinski definition) is 4. The number of rotatable bonds is 4. The molecule has 0 saturated heterocycles. The summed E-state index contributed by atoms with van der Waals surface area (Å²) in [5.41, 5.74) is 1.58. The summed E-state index contributed by atoms with van der Waals surface area (Å²) in [5.74, 6) is -2.08. The van der Waals surface area contributed by atoms with E-state index in [2.05, 4.69) is 4.98 Å². The van der Waals surface area contributed by atoms with Crippen LogP contribution in [0.5, 0.6) is 0 Å². The molecule has 1 aliphatic carbocycles. The monoisotopic (exact) mass is 315 g/mol. The number of esters is 1. The number of hydrogen-bond donors (Lipinski definition) is 0. The number of carbonyl (C=O) groups excluding carboxylic acids is 2. The highest BCUT2D eigenvalue weighted by atomic mass is 19.1. The van der Waals surface area contributed by atoms with Crippen molar-refractivity contribution >= 4 is 22.7 Å². The minimum atomic E-state index is -0.769. The summed E-state index contributed by atoms with van der Waals surface area (Å²) in [6.07, 6.45) is 3.98. The van der Waals surface area contributed by atoms with Crippen LogP contribution in [0.1, 0.15) is 37.7 Å². The van der Waals surface area contributed by atoms with Crippen molar-refractivity contribution in [1.82, 2.24) is 4.98 Å². The first-order valence-corrected chi connectivity index (χ1v) is 7.87. The number of fused-ring (bicyclic) bond motifs is 1. The Morgan fingerprint density at radius 3 is 2.91 bits per heavy atom. The lowest BCUT2D eigenvalue weighted by molar-refractivity contribution is -0.155. The summed E-state index contributed by atoms with van der Waals surface area (Å²) >= 11 is 0. The van der Waals surface area contributed by atoms with E-state index in [4.69, 9.17) is 4.74 Å². The molecule has 0 N–H and O–H groups in total. The summed E-state index contributed by atoms with van der Waals surface area (Å²) in [5, 5.41) is 0.709. The fraction of sp³-hybridized carbons (Fsp3) is 0.389. The largest absolute Gasteiger partial charge is 0.460 e. The van der Waals surface area contributed by atoms with Crippen molar-refractivity contribution in [3.8, 4) is 0 Å². The third-order valence-corrected chi connectivity index (χ3v) is 4.47. The molecular formula is C18H18FNO3. The van der Waals surface area contributed by atoms with Crippen LogP contribution in [0.2, 0.25) is 0 Å². The van der Waals surface area contributed by atoms with Gasteiger partial charge in [-0.05, 0) is 55.5 Å². The molecule has 2 aromatic rings. The standard InChI is InChI=1S/C18H18FNO3/c1-2-23-18(22)17(21)14-5-3-4-12(14)13-8-9-20-16-7-6-11(19)10-15(13)16/h6-10,12,14H,2-5H2,1H3/t12-,14-/m1/s1. The van der Waals surface area contributed by atoms with Crippen LogP contribution in [0.3, 0.4) is 0 Å². The van der Waals surface area contributed by atoms with Crippen LogP contribution in [0.25, 0.3) is 10.9 Å². The van der Waals surface area contributed by atoms with Crippen molar-refractivity contribution in [2.75, 3.05) is 6.61 Å². The molecule has 4 nitrogen and oxygen atoms in total. The molecular weight excluding hydrogens is 297 g/mol. The highest BCUT2D eigenvalue weighted by Gasteiger charge is 2.38. The predicted molar refractivity (Wildman–Crippen MR) is 83.4 cm³/mol. The van der Waals surface area contributed by atoms with E-state index in [1.54, 1.807) is 19.2 Å². The molecule has 1 aliphatic rings. The van der Waals surface area contributed by atoms with Crippen molar-refractivity contribution in [2.45, 2.75) is 32.1 Å². The number of pyridine rings is 1. The highest BCUT2D eigenvalue weighted by molar-refractivity contribution is 6.34. The number of aromatic nitrogens is 1. The number of benzene rings is 1. The van der Waals surface area contributed by atoms with E-state index in [1.165, 1.54) is 12.1 Å². The third-order valence-electron chi connectivity index (χ3n) is 4.47. The Kier molecular flexibility index (Phi) is 4.37. The second-order valence-electron chi connectivity index (χ2n) is 5.79. The number of halogens is 1. The van der Waals surface area contributed by atoms with Crippen molar-refractivity contribution < 1.29 is 18.7 Å². The van der Waals surface area contributed by atoms with Crippen LogP contribution in [-0.4, -0.2) is 23.3 Å². The van der Waals surface area contributed by atoms with Crippen LogP contribution in [0.15, 0.2) is 30.5 Å². The maximum Gasteiger partial charge on any atom is 0.374 e. The van der Waals surface area contributed by atoms with E-state index in [9.17, 15) is 14.0 Å². The van der Waals surface area contributed by atoms with Gasteiger partial charge in [-0.15, -0.1) is 0 Å². The number of nitrogens with zero attached hydrogens (tertiary/aromatic N) is 1. The van der Waals surface area contributed by atoms with Gasteiger partial charge in [-0.1, -0.05) is 6.42 Å². The fourth-order valence-electron chi connectivity index (χ4n) is 3.46. The second kappa shape index (κ2) is 6.44. The third kappa shape index (κ3) is 2.96. The van der Waals surface area contributed by atoms with Crippen LogP contribution in [0, 0.1) is 11.7 Å². The lowest BCUT2D eigenvalue weighted by Gasteiger charge is -2.19. The fourth-order valence-corrected chi connectivity index (χ4v) is 3.46. The molecule has 1 aromatic carbocycles. The van der Waals surface area contributed by atoms with Gasteiger partial charge in [-0.25, -0.2) is 9.18 Å². The minimum Gasteiger partial charge on any atom is -0.460 e. The van der Waals surface area contributed by atoms with Gasteiger partial charge < -0.3 is 4.74 Å². The van der Waals surface area contributed by atoms with Gasteiger partial charge in [0.05, 0.1) is 12.1 Å². The molecule has 1 aromatic heterocycles. The topological polar surface area (TPSA) is 56.3 Å². The highest BCUT2D eigenvalue weighted by Crippen LogP contribution is 2.42. The van der Waals surface area contributed by atoms with Gasteiger partial charge in [0.15, 0.2) is 0 Å². The van der Waals surface area contributed by atoms with Gasteiger partial charge in [0.1, 0.15) is 5.82 Å². The van der Waals surface area contributed by atoms with Gasteiger partial charge in [-0.3, -0.25) is 9.78 Å². The zero-order chi connectivity index (χ0) is 16.4. The lowest BCUT2D eigenvalue weighted by atomic mass is 9.84. The molecule has 0 spiro atoms. The van der Waals surface area contributed by atoms with Gasteiger partial charge in [-0.2, -0.15) is 0 Å². The Balaban J connectivity index is 1.99. The Morgan fingerprint density at radius 1 is 1.30 bits per heavy atom. The smallest absolute Gasteiger partial charge is 0.374 e. The first-order valence-electron chi connectivity index (χ1n) is 7.87. The Labute approximate surface area is 133 Å². The van der Waals surface area contributed by atoms with Crippen LogP contribution in [0.4, 0.5) is 4.39 Å². The van der Waals surface area contributed by atoms with Crippen molar-refractivity contribution in [3.63, 3.8) is 0 Å². The maximum absolute atomic E-state index is 13.6. The zero-order valence-electron chi connectivity index (χ0n) is 12.9. The summed E-state index contributed by atoms with van der Waals surface area (Å²) in [4.78, 5) is 28.4. The average Bonchev–Trinajstić information content (AvgIpc) is 3.03. The van der Waals surface area contributed by atoms with Gasteiger partial charge in [0, 0.05) is 17.5 Å². The molecule has 0 aliphatic heterocycles. The van der Waals surface area contributed by atoms with Crippen LogP contribution >= 0.6 is 0 Å². The van der Waals surface area contributed by atoms with Crippen molar-refractivity contribution in [2.24, 2.45) is 5.92 Å².